The van der Waals surface area contributed by atoms with Gasteiger partial charge in [-0.05, 0) is 24.6 Å². The van der Waals surface area contributed by atoms with Crippen LogP contribution in [-0.2, 0) is 0 Å². The first-order chi connectivity index (χ1) is 7.68. The maximum Gasteiger partial charge on any atom is 0.243 e. The Bertz CT molecular complexity index is 570. The molecule has 0 fully saturated rings. The van der Waals surface area contributed by atoms with E-state index in [-0.39, 0.29) is 16.1 Å². The average Bonchev–Trinajstić information content (AvgIpc) is 2.29. The molecular formula is C13H10O2S. The first-order valence-corrected chi connectivity index (χ1v) is 5.70. The number of hydrogen-bond donors (Lipinski definition) is 0. The molecule has 80 valence electrons. The van der Waals surface area contributed by atoms with E-state index in [1.54, 1.807) is 6.07 Å². The molecule has 0 spiro atoms. The van der Waals surface area contributed by atoms with Gasteiger partial charge in [0.1, 0.15) is 0 Å². The summed E-state index contributed by atoms with van der Waals surface area (Å²) in [6, 6.07) is 13.1. The van der Waals surface area contributed by atoms with Crippen LogP contribution >= 0.6 is 11.3 Å². The molecule has 1 aromatic heterocycles. The monoisotopic (exact) mass is 230 g/mol. The van der Waals surface area contributed by atoms with Crippen LogP contribution in [0.5, 0.6) is 0 Å². The van der Waals surface area contributed by atoms with Crippen molar-refractivity contribution in [1.82, 2.24) is 0 Å². The van der Waals surface area contributed by atoms with Crippen molar-refractivity contribution >= 4 is 17.1 Å². The molecule has 0 aliphatic heterocycles. The van der Waals surface area contributed by atoms with Crippen molar-refractivity contribution < 1.29 is 4.79 Å². The van der Waals surface area contributed by atoms with Gasteiger partial charge in [0.15, 0.2) is 5.78 Å². The highest BCUT2D eigenvalue weighted by atomic mass is 32.1. The maximum absolute atomic E-state index is 11.7. The molecule has 0 radical (unpaired) electrons. The molecule has 1 heterocycles. The predicted molar refractivity (Wildman–Crippen MR) is 66.0 cm³/mol. The van der Waals surface area contributed by atoms with E-state index in [2.05, 4.69) is 0 Å². The molecule has 2 rings (SSSR count). The van der Waals surface area contributed by atoms with Crippen LogP contribution in [0.3, 0.4) is 0 Å². The van der Waals surface area contributed by atoms with Crippen LogP contribution in [0.2, 0.25) is 0 Å². The zero-order valence-electron chi connectivity index (χ0n) is 8.77. The zero-order chi connectivity index (χ0) is 11.5. The predicted octanol–water partition coefficient (Wildman–Crippen LogP) is 2.98. The van der Waals surface area contributed by atoms with E-state index < -0.39 is 0 Å². The van der Waals surface area contributed by atoms with Crippen LogP contribution in [0, 0.1) is 0 Å². The molecule has 0 N–H and O–H groups in total. The maximum atomic E-state index is 11.7. The third kappa shape index (κ3) is 2.09. The van der Waals surface area contributed by atoms with Crippen LogP contribution in [0.25, 0.3) is 10.4 Å². The van der Waals surface area contributed by atoms with Crippen molar-refractivity contribution in [3.8, 4) is 10.4 Å². The molecule has 16 heavy (non-hydrogen) atoms. The van der Waals surface area contributed by atoms with E-state index in [1.165, 1.54) is 6.92 Å². The number of hydrogen-bond acceptors (Lipinski definition) is 3. The molecule has 0 amide bonds. The van der Waals surface area contributed by atoms with Crippen molar-refractivity contribution in [3.05, 3.63) is 57.6 Å². The highest BCUT2D eigenvalue weighted by molar-refractivity contribution is 7.13. The van der Waals surface area contributed by atoms with E-state index in [1.807, 2.05) is 36.4 Å². The summed E-state index contributed by atoms with van der Waals surface area (Å²) in [6.45, 7) is 1.41. The first kappa shape index (κ1) is 10.8. The standard InChI is InChI=1S/C13H10O2S/c1-9(14)11-7-8-12(16-13(11)15)10-5-3-2-4-6-10/h2-8H,1H3. The van der Waals surface area contributed by atoms with Crippen molar-refractivity contribution in [2.45, 2.75) is 6.92 Å². The lowest BCUT2D eigenvalue weighted by atomic mass is 10.1. The Labute approximate surface area is 97.2 Å². The SMILES string of the molecule is CC(=O)c1ccc(-c2ccccc2)sc1=O. The number of rotatable bonds is 2. The van der Waals surface area contributed by atoms with Crippen molar-refractivity contribution in [2.75, 3.05) is 0 Å². The summed E-state index contributed by atoms with van der Waals surface area (Å²) in [5.41, 5.74) is 1.27. The number of carbonyl (C=O) groups is 1. The smallest absolute Gasteiger partial charge is 0.243 e. The van der Waals surface area contributed by atoms with Crippen molar-refractivity contribution in [3.63, 3.8) is 0 Å². The van der Waals surface area contributed by atoms with Gasteiger partial charge >= 0.3 is 0 Å². The van der Waals surface area contributed by atoms with Crippen LogP contribution in [0.4, 0.5) is 0 Å². The molecule has 0 saturated carbocycles. The van der Waals surface area contributed by atoms with Gasteiger partial charge in [-0.3, -0.25) is 9.59 Å². The molecule has 0 aliphatic carbocycles. The summed E-state index contributed by atoms with van der Waals surface area (Å²) in [5, 5.41) is 0. The second-order valence-corrected chi connectivity index (χ2v) is 4.44. The Morgan fingerprint density at radius 2 is 1.75 bits per heavy atom. The summed E-state index contributed by atoms with van der Waals surface area (Å²) in [6.07, 6.45) is 0. The average molecular weight is 230 g/mol. The number of benzene rings is 1. The van der Waals surface area contributed by atoms with Crippen molar-refractivity contribution in [2.24, 2.45) is 0 Å². The lowest BCUT2D eigenvalue weighted by molar-refractivity contribution is 0.101. The quantitative estimate of drug-likeness (QED) is 0.743. The summed E-state index contributed by atoms with van der Waals surface area (Å²) < 4.78 is -0.172. The van der Waals surface area contributed by atoms with Gasteiger partial charge < -0.3 is 0 Å². The Balaban J connectivity index is 2.51. The zero-order valence-corrected chi connectivity index (χ0v) is 9.58. The topological polar surface area (TPSA) is 34.1 Å². The molecule has 0 unspecified atom stereocenters. The van der Waals surface area contributed by atoms with E-state index in [0.29, 0.717) is 0 Å². The number of ketones is 1. The van der Waals surface area contributed by atoms with Gasteiger partial charge in [0.25, 0.3) is 0 Å². The highest BCUT2D eigenvalue weighted by Crippen LogP contribution is 2.21. The largest absolute Gasteiger partial charge is 0.294 e. The first-order valence-electron chi connectivity index (χ1n) is 4.89. The lowest BCUT2D eigenvalue weighted by Crippen LogP contribution is -2.08. The van der Waals surface area contributed by atoms with Gasteiger partial charge in [-0.1, -0.05) is 41.7 Å². The Kier molecular flexibility index (Phi) is 2.97. The minimum atomic E-state index is -0.180. The molecule has 0 atom stereocenters. The van der Waals surface area contributed by atoms with Gasteiger partial charge in [0.05, 0.1) is 5.56 Å². The lowest BCUT2D eigenvalue weighted by Gasteiger charge is -2.00. The number of Topliss-reactive ketones (excluding diaryl/α,β-unsaturated/α-hetero) is 1. The third-order valence-electron chi connectivity index (χ3n) is 2.26. The number of carbonyl (C=O) groups excluding carboxylic acids is 1. The highest BCUT2D eigenvalue weighted by Gasteiger charge is 2.06. The fourth-order valence-corrected chi connectivity index (χ4v) is 2.35. The molecule has 0 bridgehead atoms. The third-order valence-corrected chi connectivity index (χ3v) is 3.26. The van der Waals surface area contributed by atoms with Gasteiger partial charge in [0, 0.05) is 4.88 Å². The summed E-state index contributed by atoms with van der Waals surface area (Å²) in [4.78, 5) is 23.7. The minimum Gasteiger partial charge on any atom is -0.294 e. The molecule has 0 saturated heterocycles. The van der Waals surface area contributed by atoms with Gasteiger partial charge in [-0.15, -0.1) is 0 Å². The van der Waals surface area contributed by atoms with Gasteiger partial charge in [-0.25, -0.2) is 0 Å². The molecule has 2 nitrogen and oxygen atoms in total. The van der Waals surface area contributed by atoms with E-state index in [4.69, 9.17) is 0 Å². The Hall–Kier alpha value is -1.74. The van der Waals surface area contributed by atoms with Crippen LogP contribution < -0.4 is 4.74 Å². The van der Waals surface area contributed by atoms with Crippen LogP contribution in [-0.4, -0.2) is 5.78 Å². The normalized spacial score (nSPS) is 10.1. The van der Waals surface area contributed by atoms with E-state index in [9.17, 15) is 9.59 Å². The second kappa shape index (κ2) is 4.41. The van der Waals surface area contributed by atoms with Gasteiger partial charge in [-0.2, -0.15) is 0 Å². The summed E-state index contributed by atoms with van der Waals surface area (Å²) in [5.74, 6) is -0.180. The van der Waals surface area contributed by atoms with E-state index in [0.717, 1.165) is 21.8 Å². The second-order valence-electron chi connectivity index (χ2n) is 3.42. The summed E-state index contributed by atoms with van der Waals surface area (Å²) >= 11 is 1.11. The van der Waals surface area contributed by atoms with Gasteiger partial charge in [0.2, 0.25) is 4.74 Å². The van der Waals surface area contributed by atoms with Crippen LogP contribution in [0.1, 0.15) is 17.3 Å². The minimum absolute atomic E-state index is 0.172. The molecular weight excluding hydrogens is 220 g/mol. The Morgan fingerprint density at radius 3 is 2.31 bits per heavy atom. The van der Waals surface area contributed by atoms with E-state index >= 15 is 0 Å². The van der Waals surface area contributed by atoms with Crippen LogP contribution in [0.15, 0.2) is 47.3 Å². The fraction of sp³-hybridized carbons (Fsp3) is 0.0769. The fourth-order valence-electron chi connectivity index (χ4n) is 1.43. The molecule has 2 aromatic rings. The molecule has 0 aliphatic rings. The molecule has 3 heteroatoms. The molecule has 1 aromatic carbocycles. The Morgan fingerprint density at radius 1 is 1.06 bits per heavy atom. The summed E-state index contributed by atoms with van der Waals surface area (Å²) in [7, 11) is 0. The van der Waals surface area contributed by atoms with Crippen molar-refractivity contribution in [1.29, 1.82) is 0 Å².